The molecule has 2 rings (SSSR count). The lowest BCUT2D eigenvalue weighted by Crippen LogP contribution is -2.32. The predicted molar refractivity (Wildman–Crippen MR) is 76.0 cm³/mol. The third kappa shape index (κ3) is 4.00. The quantitative estimate of drug-likeness (QED) is 0.794. The highest BCUT2D eigenvalue weighted by Crippen LogP contribution is 2.34. The van der Waals surface area contributed by atoms with Crippen LogP contribution in [0.1, 0.15) is 49.8 Å². The summed E-state index contributed by atoms with van der Waals surface area (Å²) in [5.74, 6) is 0.424. The number of hydrogen-bond donors (Lipinski definition) is 1. The Labute approximate surface area is 119 Å². The second-order valence-electron chi connectivity index (χ2n) is 5.37. The van der Waals surface area contributed by atoms with Crippen LogP contribution in [0.15, 0.2) is 24.3 Å². The number of hydrogen-bond acceptors (Lipinski definition) is 2. The van der Waals surface area contributed by atoms with Crippen LogP contribution in [0.5, 0.6) is 0 Å². The van der Waals surface area contributed by atoms with E-state index in [0.717, 1.165) is 44.5 Å². The Hall–Kier alpha value is -1.00. The SMILES string of the molecule is CCCNCC1CCCOC1c1ccc(C(F)F)cc1. The monoisotopic (exact) mass is 283 g/mol. The molecule has 1 aromatic carbocycles. The van der Waals surface area contributed by atoms with E-state index in [4.69, 9.17) is 4.74 Å². The van der Waals surface area contributed by atoms with E-state index in [0.29, 0.717) is 5.92 Å². The summed E-state index contributed by atoms with van der Waals surface area (Å²) >= 11 is 0. The summed E-state index contributed by atoms with van der Waals surface area (Å²) < 4.78 is 31.0. The molecule has 0 radical (unpaired) electrons. The third-order valence-electron chi connectivity index (χ3n) is 3.80. The van der Waals surface area contributed by atoms with Crippen molar-refractivity contribution in [1.82, 2.24) is 5.32 Å². The molecule has 0 bridgehead atoms. The number of rotatable bonds is 6. The van der Waals surface area contributed by atoms with Gasteiger partial charge in [0.2, 0.25) is 0 Å². The molecule has 20 heavy (non-hydrogen) atoms. The molecule has 1 fully saturated rings. The second-order valence-corrected chi connectivity index (χ2v) is 5.37. The lowest BCUT2D eigenvalue weighted by atomic mass is 9.89. The highest BCUT2D eigenvalue weighted by atomic mass is 19.3. The highest BCUT2D eigenvalue weighted by molar-refractivity contribution is 5.25. The number of nitrogens with one attached hydrogen (secondary N) is 1. The molecule has 1 heterocycles. The number of halogens is 2. The van der Waals surface area contributed by atoms with Crippen LogP contribution in [0, 0.1) is 5.92 Å². The molecule has 0 amide bonds. The molecule has 1 aliphatic heterocycles. The fourth-order valence-corrected chi connectivity index (χ4v) is 2.72. The molecule has 0 aliphatic carbocycles. The smallest absolute Gasteiger partial charge is 0.263 e. The van der Waals surface area contributed by atoms with Crippen molar-refractivity contribution < 1.29 is 13.5 Å². The van der Waals surface area contributed by atoms with Crippen LogP contribution in [0.4, 0.5) is 8.78 Å². The van der Waals surface area contributed by atoms with Gasteiger partial charge in [0.1, 0.15) is 0 Å². The van der Waals surface area contributed by atoms with Crippen LogP contribution < -0.4 is 5.32 Å². The molecule has 4 heteroatoms. The molecule has 1 aliphatic rings. The summed E-state index contributed by atoms with van der Waals surface area (Å²) in [5.41, 5.74) is 1.09. The van der Waals surface area contributed by atoms with Crippen molar-refractivity contribution in [2.75, 3.05) is 19.7 Å². The first-order chi connectivity index (χ1) is 9.72. The zero-order valence-electron chi connectivity index (χ0n) is 11.9. The van der Waals surface area contributed by atoms with E-state index in [1.165, 1.54) is 12.1 Å². The highest BCUT2D eigenvalue weighted by Gasteiger charge is 2.27. The van der Waals surface area contributed by atoms with Crippen molar-refractivity contribution >= 4 is 0 Å². The Morgan fingerprint density at radius 1 is 1.30 bits per heavy atom. The molecular formula is C16H23F2NO. The fraction of sp³-hybridized carbons (Fsp3) is 0.625. The van der Waals surface area contributed by atoms with Gasteiger partial charge in [-0.2, -0.15) is 0 Å². The minimum Gasteiger partial charge on any atom is -0.373 e. The largest absolute Gasteiger partial charge is 0.373 e. The summed E-state index contributed by atoms with van der Waals surface area (Å²) in [5, 5.41) is 3.43. The molecule has 1 N–H and O–H groups in total. The van der Waals surface area contributed by atoms with Crippen molar-refractivity contribution in [3.05, 3.63) is 35.4 Å². The second kappa shape index (κ2) is 7.70. The van der Waals surface area contributed by atoms with Gasteiger partial charge in [-0.15, -0.1) is 0 Å². The summed E-state index contributed by atoms with van der Waals surface area (Å²) in [7, 11) is 0. The van der Waals surface area contributed by atoms with Gasteiger partial charge in [-0.1, -0.05) is 31.2 Å². The van der Waals surface area contributed by atoms with Gasteiger partial charge in [0.05, 0.1) is 6.10 Å². The molecule has 1 aromatic rings. The van der Waals surface area contributed by atoms with Gasteiger partial charge in [0.25, 0.3) is 6.43 Å². The average Bonchev–Trinajstić information content (AvgIpc) is 2.48. The molecule has 2 nitrogen and oxygen atoms in total. The van der Waals surface area contributed by atoms with Gasteiger partial charge in [0.15, 0.2) is 0 Å². The maximum atomic E-state index is 12.6. The predicted octanol–water partition coefficient (Wildman–Crippen LogP) is 4.09. The van der Waals surface area contributed by atoms with Gasteiger partial charge < -0.3 is 10.1 Å². The normalized spacial score (nSPS) is 23.2. The lowest BCUT2D eigenvalue weighted by molar-refractivity contribution is -0.0277. The minimum absolute atomic E-state index is 0.0276. The van der Waals surface area contributed by atoms with Gasteiger partial charge in [-0.25, -0.2) is 8.78 Å². The topological polar surface area (TPSA) is 21.3 Å². The van der Waals surface area contributed by atoms with E-state index in [2.05, 4.69) is 12.2 Å². The van der Waals surface area contributed by atoms with Crippen molar-refractivity contribution in [3.8, 4) is 0 Å². The molecule has 0 spiro atoms. The molecular weight excluding hydrogens is 260 g/mol. The first kappa shape index (κ1) is 15.4. The molecule has 1 saturated heterocycles. The lowest BCUT2D eigenvalue weighted by Gasteiger charge is -2.32. The Bertz CT molecular complexity index is 394. The molecule has 2 atom stereocenters. The van der Waals surface area contributed by atoms with Crippen molar-refractivity contribution in [2.24, 2.45) is 5.92 Å². The number of benzene rings is 1. The number of ether oxygens (including phenoxy) is 1. The van der Waals surface area contributed by atoms with Crippen LogP contribution >= 0.6 is 0 Å². The summed E-state index contributed by atoms with van der Waals surface area (Å²) in [6.45, 7) is 4.83. The molecule has 0 aromatic heterocycles. The summed E-state index contributed by atoms with van der Waals surface area (Å²) in [4.78, 5) is 0. The Morgan fingerprint density at radius 2 is 2.05 bits per heavy atom. The average molecular weight is 283 g/mol. The fourth-order valence-electron chi connectivity index (χ4n) is 2.72. The van der Waals surface area contributed by atoms with Crippen molar-refractivity contribution in [1.29, 1.82) is 0 Å². The van der Waals surface area contributed by atoms with E-state index >= 15 is 0 Å². The van der Waals surface area contributed by atoms with Crippen LogP contribution in [-0.4, -0.2) is 19.7 Å². The minimum atomic E-state index is -2.40. The van der Waals surface area contributed by atoms with Gasteiger partial charge in [-0.3, -0.25) is 0 Å². The first-order valence-electron chi connectivity index (χ1n) is 7.42. The zero-order chi connectivity index (χ0) is 14.4. The van der Waals surface area contributed by atoms with E-state index in [1.807, 2.05) is 0 Å². The summed E-state index contributed by atoms with van der Waals surface area (Å²) in [6.07, 6.45) is 0.932. The van der Waals surface area contributed by atoms with E-state index in [1.54, 1.807) is 12.1 Å². The molecule has 112 valence electrons. The van der Waals surface area contributed by atoms with Gasteiger partial charge >= 0.3 is 0 Å². The number of alkyl halides is 2. The van der Waals surface area contributed by atoms with Crippen LogP contribution in [-0.2, 0) is 4.74 Å². The van der Waals surface area contributed by atoms with Crippen LogP contribution in [0.2, 0.25) is 0 Å². The Balaban J connectivity index is 2.02. The standard InChI is InChI=1S/C16H23F2NO/c1-2-9-19-11-14-4-3-10-20-15(14)12-5-7-13(8-6-12)16(17)18/h5-8,14-16,19H,2-4,9-11H2,1H3. The summed E-state index contributed by atoms with van der Waals surface area (Å²) in [6, 6.07) is 6.58. The van der Waals surface area contributed by atoms with E-state index in [9.17, 15) is 8.78 Å². The van der Waals surface area contributed by atoms with Crippen LogP contribution in [0.3, 0.4) is 0 Å². The Morgan fingerprint density at radius 3 is 2.70 bits per heavy atom. The van der Waals surface area contributed by atoms with Gasteiger partial charge in [-0.05, 0) is 31.4 Å². The molecule has 2 unspecified atom stereocenters. The van der Waals surface area contributed by atoms with E-state index < -0.39 is 6.43 Å². The van der Waals surface area contributed by atoms with Crippen LogP contribution in [0.25, 0.3) is 0 Å². The molecule has 0 saturated carbocycles. The van der Waals surface area contributed by atoms with Crippen molar-refractivity contribution in [3.63, 3.8) is 0 Å². The van der Waals surface area contributed by atoms with Crippen molar-refractivity contribution in [2.45, 2.75) is 38.7 Å². The van der Waals surface area contributed by atoms with E-state index in [-0.39, 0.29) is 11.7 Å². The first-order valence-corrected chi connectivity index (χ1v) is 7.42. The third-order valence-corrected chi connectivity index (χ3v) is 3.80. The zero-order valence-corrected chi connectivity index (χ0v) is 11.9. The maximum absolute atomic E-state index is 12.6. The Kier molecular flexibility index (Phi) is 5.92. The van der Waals surface area contributed by atoms with Gasteiger partial charge in [0, 0.05) is 24.6 Å². The maximum Gasteiger partial charge on any atom is 0.263 e.